The molecule has 1 nitrogen and oxygen atoms in total. The number of benzene rings is 1. The number of rotatable bonds is 4. The lowest BCUT2D eigenvalue weighted by atomic mass is 10.1. The van der Waals surface area contributed by atoms with Gasteiger partial charge in [-0.05, 0) is 17.9 Å². The quantitative estimate of drug-likeness (QED) is 0.672. The van der Waals surface area contributed by atoms with E-state index in [4.69, 9.17) is 0 Å². The third-order valence-electron chi connectivity index (χ3n) is 2.84. The standard InChI is InChI=1S/C14H17N/c1-2-3-4-9-14-13-8-6-5-7-12(13)10-11-15-14/h5-8,10-11H,2-4,9H2,1H3/p+1. The maximum atomic E-state index is 3.37. The Morgan fingerprint density at radius 1 is 1.07 bits per heavy atom. The lowest BCUT2D eigenvalue weighted by molar-refractivity contribution is -0.388. The van der Waals surface area contributed by atoms with Gasteiger partial charge in [-0.25, -0.2) is 4.98 Å². The summed E-state index contributed by atoms with van der Waals surface area (Å²) >= 11 is 0. The van der Waals surface area contributed by atoms with Crippen LogP contribution >= 0.6 is 0 Å². The molecule has 2 aromatic rings. The minimum Gasteiger partial charge on any atom is -0.215 e. The summed E-state index contributed by atoms with van der Waals surface area (Å²) in [6.07, 6.45) is 7.08. The summed E-state index contributed by atoms with van der Waals surface area (Å²) in [6, 6.07) is 10.7. The highest BCUT2D eigenvalue weighted by atomic mass is 14.7. The Balaban J connectivity index is 2.26. The zero-order chi connectivity index (χ0) is 10.5. The summed E-state index contributed by atoms with van der Waals surface area (Å²) in [5.74, 6) is 0. The van der Waals surface area contributed by atoms with Gasteiger partial charge in [-0.3, -0.25) is 0 Å². The molecule has 0 aliphatic rings. The molecule has 1 N–H and O–H groups in total. The zero-order valence-electron chi connectivity index (χ0n) is 9.29. The van der Waals surface area contributed by atoms with Crippen molar-refractivity contribution in [3.05, 3.63) is 42.2 Å². The zero-order valence-corrected chi connectivity index (χ0v) is 9.29. The fraction of sp³-hybridized carbons (Fsp3) is 0.357. The van der Waals surface area contributed by atoms with Crippen molar-refractivity contribution in [2.75, 3.05) is 0 Å². The predicted molar refractivity (Wildman–Crippen MR) is 63.7 cm³/mol. The molecule has 0 amide bonds. The van der Waals surface area contributed by atoms with Gasteiger partial charge in [0, 0.05) is 17.9 Å². The second-order valence-electron chi connectivity index (χ2n) is 4.00. The largest absolute Gasteiger partial charge is 0.215 e. The summed E-state index contributed by atoms with van der Waals surface area (Å²) in [5, 5.41) is 2.71. The fourth-order valence-electron chi connectivity index (χ4n) is 1.99. The third kappa shape index (κ3) is 2.35. The topological polar surface area (TPSA) is 14.1 Å². The van der Waals surface area contributed by atoms with Gasteiger partial charge in [0.05, 0.1) is 0 Å². The fourth-order valence-corrected chi connectivity index (χ4v) is 1.99. The number of unbranched alkanes of at least 4 members (excludes halogenated alkanes) is 2. The first-order chi connectivity index (χ1) is 7.42. The molecule has 0 saturated carbocycles. The van der Waals surface area contributed by atoms with E-state index in [1.165, 1.54) is 35.7 Å². The van der Waals surface area contributed by atoms with Gasteiger partial charge < -0.3 is 0 Å². The average Bonchev–Trinajstić information content (AvgIpc) is 2.30. The third-order valence-corrected chi connectivity index (χ3v) is 2.84. The highest BCUT2D eigenvalue weighted by molar-refractivity contribution is 5.83. The summed E-state index contributed by atoms with van der Waals surface area (Å²) < 4.78 is 0. The maximum absolute atomic E-state index is 3.37. The van der Waals surface area contributed by atoms with Crippen LogP contribution in [-0.4, -0.2) is 0 Å². The molecule has 1 aromatic carbocycles. The van der Waals surface area contributed by atoms with Gasteiger partial charge in [-0.2, -0.15) is 0 Å². The first-order valence-electron chi connectivity index (χ1n) is 5.80. The van der Waals surface area contributed by atoms with Crippen molar-refractivity contribution >= 4 is 10.8 Å². The molecular weight excluding hydrogens is 182 g/mol. The number of hydrogen-bond donors (Lipinski definition) is 0. The smallest absolute Gasteiger partial charge is 0.187 e. The molecule has 1 heteroatoms. The average molecular weight is 200 g/mol. The Morgan fingerprint density at radius 2 is 1.93 bits per heavy atom. The van der Waals surface area contributed by atoms with Crippen LogP contribution in [0.2, 0.25) is 0 Å². The van der Waals surface area contributed by atoms with Crippen molar-refractivity contribution in [3.63, 3.8) is 0 Å². The second-order valence-corrected chi connectivity index (χ2v) is 4.00. The molecular formula is C14H18N+. The number of fused-ring (bicyclic) bond motifs is 1. The molecule has 0 unspecified atom stereocenters. The molecule has 1 heterocycles. The Hall–Kier alpha value is -1.37. The molecule has 0 fully saturated rings. The van der Waals surface area contributed by atoms with Gasteiger partial charge in [-0.1, -0.05) is 38.0 Å². The van der Waals surface area contributed by atoms with E-state index >= 15 is 0 Å². The minimum absolute atomic E-state index is 1.16. The van der Waals surface area contributed by atoms with Crippen LogP contribution in [0, 0.1) is 0 Å². The maximum Gasteiger partial charge on any atom is 0.187 e. The molecule has 15 heavy (non-hydrogen) atoms. The van der Waals surface area contributed by atoms with Crippen LogP contribution in [0.3, 0.4) is 0 Å². The Kier molecular flexibility index (Phi) is 3.33. The lowest BCUT2D eigenvalue weighted by Gasteiger charge is -1.99. The Labute approximate surface area is 91.2 Å². The van der Waals surface area contributed by atoms with Crippen LogP contribution < -0.4 is 4.98 Å². The molecule has 1 aromatic heterocycles. The van der Waals surface area contributed by atoms with Crippen LogP contribution in [0.4, 0.5) is 0 Å². The molecule has 0 aliphatic carbocycles. The van der Waals surface area contributed by atoms with E-state index in [2.05, 4.69) is 42.2 Å². The van der Waals surface area contributed by atoms with E-state index in [0.29, 0.717) is 0 Å². The van der Waals surface area contributed by atoms with Crippen LogP contribution in [0.25, 0.3) is 10.8 Å². The van der Waals surface area contributed by atoms with E-state index in [9.17, 15) is 0 Å². The molecule has 78 valence electrons. The number of nitrogens with one attached hydrogen (secondary N) is 1. The van der Waals surface area contributed by atoms with Crippen LogP contribution in [0.1, 0.15) is 31.9 Å². The van der Waals surface area contributed by atoms with E-state index in [1.54, 1.807) is 0 Å². The van der Waals surface area contributed by atoms with Gasteiger partial charge >= 0.3 is 0 Å². The van der Waals surface area contributed by atoms with Crippen molar-refractivity contribution in [1.82, 2.24) is 0 Å². The second kappa shape index (κ2) is 4.92. The van der Waals surface area contributed by atoms with Crippen molar-refractivity contribution in [2.45, 2.75) is 32.6 Å². The highest BCUT2D eigenvalue weighted by Gasteiger charge is 2.06. The van der Waals surface area contributed by atoms with Crippen molar-refractivity contribution < 1.29 is 4.98 Å². The van der Waals surface area contributed by atoms with Gasteiger partial charge in [0.1, 0.15) is 0 Å². The van der Waals surface area contributed by atoms with E-state index < -0.39 is 0 Å². The van der Waals surface area contributed by atoms with Crippen molar-refractivity contribution in [2.24, 2.45) is 0 Å². The normalized spacial score (nSPS) is 10.7. The lowest BCUT2D eigenvalue weighted by Crippen LogP contribution is -2.10. The van der Waals surface area contributed by atoms with Gasteiger partial charge in [-0.15, -0.1) is 0 Å². The highest BCUT2D eigenvalue weighted by Crippen LogP contribution is 2.15. The van der Waals surface area contributed by atoms with Gasteiger partial charge in [0.2, 0.25) is 0 Å². The molecule has 2 rings (SSSR count). The molecule has 0 aliphatic heterocycles. The van der Waals surface area contributed by atoms with Crippen LogP contribution in [-0.2, 0) is 6.42 Å². The Morgan fingerprint density at radius 3 is 2.80 bits per heavy atom. The number of aromatic amines is 1. The number of aryl methyl sites for hydroxylation is 1. The number of H-pyrrole nitrogens is 1. The SMILES string of the molecule is CCCCCc1[nH+]ccc2ccccc12. The predicted octanol–water partition coefficient (Wildman–Crippen LogP) is 3.39. The van der Waals surface area contributed by atoms with E-state index in [0.717, 1.165) is 6.42 Å². The number of hydrogen-bond acceptors (Lipinski definition) is 0. The summed E-state index contributed by atoms with van der Waals surface area (Å²) in [4.78, 5) is 3.37. The minimum atomic E-state index is 1.16. The molecule has 0 radical (unpaired) electrons. The number of pyridine rings is 1. The molecule has 0 saturated heterocycles. The van der Waals surface area contributed by atoms with Crippen molar-refractivity contribution in [3.8, 4) is 0 Å². The monoisotopic (exact) mass is 200 g/mol. The van der Waals surface area contributed by atoms with Crippen LogP contribution in [0.15, 0.2) is 36.5 Å². The van der Waals surface area contributed by atoms with Crippen molar-refractivity contribution in [1.29, 1.82) is 0 Å². The van der Waals surface area contributed by atoms with E-state index in [1.807, 2.05) is 6.20 Å². The Bertz CT molecular complexity index is 429. The molecule has 0 spiro atoms. The van der Waals surface area contributed by atoms with E-state index in [-0.39, 0.29) is 0 Å². The first kappa shape index (κ1) is 10.2. The summed E-state index contributed by atoms with van der Waals surface area (Å²) in [7, 11) is 0. The summed E-state index contributed by atoms with van der Waals surface area (Å²) in [5.41, 5.74) is 1.38. The van der Waals surface area contributed by atoms with Gasteiger partial charge in [0.15, 0.2) is 11.9 Å². The summed E-state index contributed by atoms with van der Waals surface area (Å²) in [6.45, 7) is 2.24. The van der Waals surface area contributed by atoms with Crippen LogP contribution in [0.5, 0.6) is 0 Å². The molecule has 0 bridgehead atoms. The van der Waals surface area contributed by atoms with Gasteiger partial charge in [0.25, 0.3) is 0 Å². The molecule has 0 atom stereocenters. The number of aromatic nitrogens is 1. The first-order valence-corrected chi connectivity index (χ1v) is 5.80.